The Bertz CT molecular complexity index is 542. The molecule has 2 aromatic rings. The van der Waals surface area contributed by atoms with Crippen LogP contribution in [0.25, 0.3) is 0 Å². The Hall–Kier alpha value is -1.62. The predicted octanol–water partition coefficient (Wildman–Crippen LogP) is 2.62. The standard InChI is InChI=1S/C13H16N4S/c1-3-10-7-12(14)17-13(16-10)18-8-11-9(2)5-4-6-15-11/h4-7H,3,8H2,1-2H3,(H2,14,16,17). The second-order valence-corrected chi connectivity index (χ2v) is 4.92. The molecule has 4 nitrogen and oxygen atoms in total. The normalized spacial score (nSPS) is 10.6. The number of anilines is 1. The zero-order valence-electron chi connectivity index (χ0n) is 10.6. The van der Waals surface area contributed by atoms with Gasteiger partial charge in [-0.1, -0.05) is 24.8 Å². The quantitative estimate of drug-likeness (QED) is 0.676. The third-order valence-electron chi connectivity index (χ3n) is 2.60. The Kier molecular flexibility index (Phi) is 4.15. The maximum absolute atomic E-state index is 5.75. The molecule has 0 aliphatic carbocycles. The van der Waals surface area contributed by atoms with Gasteiger partial charge in [-0.25, -0.2) is 9.97 Å². The molecule has 94 valence electrons. The Morgan fingerprint density at radius 1 is 1.33 bits per heavy atom. The van der Waals surface area contributed by atoms with Gasteiger partial charge in [0.25, 0.3) is 0 Å². The van der Waals surface area contributed by atoms with Gasteiger partial charge in [0.2, 0.25) is 0 Å². The van der Waals surface area contributed by atoms with Crippen LogP contribution in [0.3, 0.4) is 0 Å². The van der Waals surface area contributed by atoms with Crippen LogP contribution in [0.5, 0.6) is 0 Å². The summed E-state index contributed by atoms with van der Waals surface area (Å²) in [6.07, 6.45) is 2.67. The van der Waals surface area contributed by atoms with Gasteiger partial charge in [-0.2, -0.15) is 0 Å². The lowest BCUT2D eigenvalue weighted by Gasteiger charge is -2.05. The van der Waals surface area contributed by atoms with Crippen molar-refractivity contribution in [2.24, 2.45) is 0 Å². The zero-order chi connectivity index (χ0) is 13.0. The van der Waals surface area contributed by atoms with Crippen LogP contribution in [0, 0.1) is 6.92 Å². The molecule has 2 heterocycles. The van der Waals surface area contributed by atoms with Gasteiger partial charge in [-0.3, -0.25) is 4.98 Å². The topological polar surface area (TPSA) is 64.7 Å². The second kappa shape index (κ2) is 5.82. The van der Waals surface area contributed by atoms with Crippen LogP contribution in [-0.4, -0.2) is 15.0 Å². The molecule has 0 atom stereocenters. The summed E-state index contributed by atoms with van der Waals surface area (Å²) in [4.78, 5) is 13.0. The summed E-state index contributed by atoms with van der Waals surface area (Å²) in [7, 11) is 0. The molecule has 2 N–H and O–H groups in total. The number of nitrogens with two attached hydrogens (primary N) is 1. The van der Waals surface area contributed by atoms with Gasteiger partial charge in [0.15, 0.2) is 5.16 Å². The van der Waals surface area contributed by atoms with Gasteiger partial charge in [0, 0.05) is 23.7 Å². The first kappa shape index (κ1) is 12.8. The minimum Gasteiger partial charge on any atom is -0.384 e. The number of rotatable bonds is 4. The van der Waals surface area contributed by atoms with Crippen molar-refractivity contribution in [2.45, 2.75) is 31.2 Å². The molecule has 0 fully saturated rings. The summed E-state index contributed by atoms with van der Waals surface area (Å²) < 4.78 is 0. The van der Waals surface area contributed by atoms with Crippen LogP contribution < -0.4 is 5.73 Å². The second-order valence-electron chi connectivity index (χ2n) is 3.98. The number of hydrogen-bond donors (Lipinski definition) is 1. The van der Waals surface area contributed by atoms with Crippen molar-refractivity contribution in [1.82, 2.24) is 15.0 Å². The molecule has 0 saturated heterocycles. The molecule has 2 aromatic heterocycles. The highest BCUT2D eigenvalue weighted by atomic mass is 32.2. The number of aromatic nitrogens is 3. The Morgan fingerprint density at radius 3 is 2.89 bits per heavy atom. The largest absolute Gasteiger partial charge is 0.384 e. The van der Waals surface area contributed by atoms with Gasteiger partial charge in [0.1, 0.15) is 5.82 Å². The lowest BCUT2D eigenvalue weighted by Crippen LogP contribution is -1.99. The van der Waals surface area contributed by atoms with Crippen LogP contribution in [0.1, 0.15) is 23.9 Å². The summed E-state index contributed by atoms with van der Waals surface area (Å²) in [5.74, 6) is 1.29. The van der Waals surface area contributed by atoms with Gasteiger partial charge in [-0.05, 0) is 25.0 Å². The summed E-state index contributed by atoms with van der Waals surface area (Å²) in [5, 5.41) is 0.719. The number of pyridine rings is 1. The first-order valence-electron chi connectivity index (χ1n) is 5.85. The zero-order valence-corrected chi connectivity index (χ0v) is 11.4. The fourth-order valence-corrected chi connectivity index (χ4v) is 2.46. The minimum absolute atomic E-state index is 0.530. The minimum atomic E-state index is 0.530. The average Bonchev–Trinajstić information content (AvgIpc) is 2.37. The molecule has 0 spiro atoms. The number of aryl methyl sites for hydroxylation is 2. The van der Waals surface area contributed by atoms with E-state index in [0.29, 0.717) is 5.82 Å². The van der Waals surface area contributed by atoms with Crippen LogP contribution >= 0.6 is 11.8 Å². The van der Waals surface area contributed by atoms with Crippen molar-refractivity contribution in [3.8, 4) is 0 Å². The number of hydrogen-bond acceptors (Lipinski definition) is 5. The fraction of sp³-hybridized carbons (Fsp3) is 0.308. The molecule has 0 saturated carbocycles. The first-order chi connectivity index (χ1) is 8.69. The number of nitrogens with zero attached hydrogens (tertiary/aromatic N) is 3. The van der Waals surface area contributed by atoms with Crippen LogP contribution in [0.4, 0.5) is 5.82 Å². The van der Waals surface area contributed by atoms with E-state index >= 15 is 0 Å². The first-order valence-corrected chi connectivity index (χ1v) is 6.84. The van der Waals surface area contributed by atoms with E-state index in [9.17, 15) is 0 Å². The van der Waals surface area contributed by atoms with Crippen molar-refractivity contribution in [2.75, 3.05) is 5.73 Å². The SMILES string of the molecule is CCc1cc(N)nc(SCc2ncccc2C)n1. The molecular formula is C13H16N4S. The number of nitrogen functional groups attached to an aromatic ring is 1. The van der Waals surface area contributed by atoms with Gasteiger partial charge >= 0.3 is 0 Å². The Balaban J connectivity index is 2.11. The Labute approximate surface area is 111 Å². The maximum Gasteiger partial charge on any atom is 0.190 e. The van der Waals surface area contributed by atoms with Crippen LogP contribution in [-0.2, 0) is 12.2 Å². The van der Waals surface area contributed by atoms with Gasteiger partial charge in [0.05, 0.1) is 5.69 Å². The molecule has 0 unspecified atom stereocenters. The molecule has 0 bridgehead atoms. The van der Waals surface area contributed by atoms with Crippen LogP contribution in [0.2, 0.25) is 0 Å². The maximum atomic E-state index is 5.75. The molecule has 0 radical (unpaired) electrons. The monoisotopic (exact) mass is 260 g/mol. The predicted molar refractivity (Wildman–Crippen MR) is 74.4 cm³/mol. The van der Waals surface area contributed by atoms with E-state index in [0.717, 1.165) is 28.7 Å². The van der Waals surface area contributed by atoms with E-state index < -0.39 is 0 Å². The van der Waals surface area contributed by atoms with E-state index in [4.69, 9.17) is 5.73 Å². The summed E-state index contributed by atoms with van der Waals surface area (Å²) >= 11 is 1.57. The van der Waals surface area contributed by atoms with E-state index in [1.54, 1.807) is 18.0 Å². The lowest BCUT2D eigenvalue weighted by atomic mass is 10.2. The molecular weight excluding hydrogens is 244 g/mol. The molecule has 2 rings (SSSR count). The highest BCUT2D eigenvalue weighted by molar-refractivity contribution is 7.98. The summed E-state index contributed by atoms with van der Waals surface area (Å²) in [6.45, 7) is 4.11. The smallest absolute Gasteiger partial charge is 0.190 e. The molecule has 0 aliphatic heterocycles. The van der Waals surface area contributed by atoms with Crippen molar-refractivity contribution in [1.29, 1.82) is 0 Å². The average molecular weight is 260 g/mol. The molecule has 0 amide bonds. The van der Waals surface area contributed by atoms with E-state index in [-0.39, 0.29) is 0 Å². The molecule has 18 heavy (non-hydrogen) atoms. The van der Waals surface area contributed by atoms with E-state index in [1.807, 2.05) is 12.1 Å². The summed E-state index contributed by atoms with van der Waals surface area (Å²) in [5.41, 5.74) is 8.98. The van der Waals surface area contributed by atoms with Gasteiger partial charge in [-0.15, -0.1) is 0 Å². The van der Waals surface area contributed by atoms with Crippen molar-refractivity contribution in [3.05, 3.63) is 41.3 Å². The number of thioether (sulfide) groups is 1. The summed E-state index contributed by atoms with van der Waals surface area (Å²) in [6, 6.07) is 5.81. The Morgan fingerprint density at radius 2 is 2.17 bits per heavy atom. The fourth-order valence-electron chi connectivity index (χ4n) is 1.54. The molecule has 0 aliphatic rings. The third kappa shape index (κ3) is 3.20. The van der Waals surface area contributed by atoms with Gasteiger partial charge < -0.3 is 5.73 Å². The van der Waals surface area contributed by atoms with Crippen molar-refractivity contribution >= 4 is 17.6 Å². The van der Waals surface area contributed by atoms with Crippen molar-refractivity contribution < 1.29 is 0 Å². The highest BCUT2D eigenvalue weighted by Gasteiger charge is 2.05. The van der Waals surface area contributed by atoms with E-state index in [2.05, 4.69) is 34.9 Å². The lowest BCUT2D eigenvalue weighted by molar-refractivity contribution is 0.895. The highest BCUT2D eigenvalue weighted by Crippen LogP contribution is 2.21. The van der Waals surface area contributed by atoms with E-state index in [1.165, 1.54) is 5.56 Å². The third-order valence-corrected chi connectivity index (χ3v) is 3.46. The van der Waals surface area contributed by atoms with Crippen LogP contribution in [0.15, 0.2) is 29.6 Å². The molecule has 5 heteroatoms. The molecule has 0 aromatic carbocycles. The van der Waals surface area contributed by atoms with Crippen molar-refractivity contribution in [3.63, 3.8) is 0 Å².